The summed E-state index contributed by atoms with van der Waals surface area (Å²) in [4.78, 5) is 31.1. The monoisotopic (exact) mass is 385 g/mol. The highest BCUT2D eigenvalue weighted by Crippen LogP contribution is 2.33. The quantitative estimate of drug-likeness (QED) is 0.446. The molecule has 5 heteroatoms. The number of hydrogen-bond donors (Lipinski definition) is 3. The largest absolute Gasteiger partial charge is 0.399 e. The molecule has 0 atom stereocenters. The van der Waals surface area contributed by atoms with Gasteiger partial charge in [-0.2, -0.15) is 0 Å². The Morgan fingerprint density at radius 1 is 0.828 bits per heavy atom. The lowest BCUT2D eigenvalue weighted by molar-refractivity contribution is 0.591. The minimum Gasteiger partial charge on any atom is -0.399 e. The number of aromatic amines is 2. The van der Waals surface area contributed by atoms with E-state index in [-0.39, 0.29) is 16.5 Å². The molecular formula is C24H23N3O2. The summed E-state index contributed by atoms with van der Waals surface area (Å²) in [6, 6.07) is 16.7. The topological polar surface area (TPSA) is 91.7 Å². The molecule has 0 radical (unpaired) electrons. The number of nitrogen functional groups attached to an aromatic ring is 1. The first-order valence-corrected chi connectivity index (χ1v) is 9.49. The Hall–Kier alpha value is -3.60. The van der Waals surface area contributed by atoms with Crippen molar-refractivity contribution in [3.63, 3.8) is 0 Å². The van der Waals surface area contributed by atoms with Gasteiger partial charge in [0.1, 0.15) is 0 Å². The number of pyridine rings is 2. The number of rotatable bonds is 2. The van der Waals surface area contributed by atoms with Crippen LogP contribution in [0.25, 0.3) is 33.2 Å². The zero-order valence-electron chi connectivity index (χ0n) is 16.7. The van der Waals surface area contributed by atoms with Crippen LogP contribution >= 0.6 is 0 Å². The molecule has 4 rings (SSSR count). The Balaban J connectivity index is 2.07. The van der Waals surface area contributed by atoms with E-state index < -0.39 is 0 Å². The van der Waals surface area contributed by atoms with Gasteiger partial charge in [-0.1, -0.05) is 32.9 Å². The van der Waals surface area contributed by atoms with Gasteiger partial charge in [-0.05, 0) is 64.4 Å². The van der Waals surface area contributed by atoms with Gasteiger partial charge in [0.15, 0.2) is 0 Å². The van der Waals surface area contributed by atoms with E-state index in [2.05, 4.69) is 36.8 Å². The summed E-state index contributed by atoms with van der Waals surface area (Å²) in [6.45, 7) is 6.37. The Bertz CT molecular complexity index is 1320. The van der Waals surface area contributed by atoms with Crippen molar-refractivity contribution < 1.29 is 0 Å². The fourth-order valence-corrected chi connectivity index (χ4v) is 3.48. The van der Waals surface area contributed by atoms with Gasteiger partial charge in [0.2, 0.25) is 0 Å². The molecule has 2 heterocycles. The van der Waals surface area contributed by atoms with Crippen LogP contribution < -0.4 is 16.9 Å². The first-order chi connectivity index (χ1) is 13.7. The molecule has 0 amide bonds. The van der Waals surface area contributed by atoms with Gasteiger partial charge >= 0.3 is 0 Å². The summed E-state index contributed by atoms with van der Waals surface area (Å²) in [5.74, 6) is 0. The molecule has 2 aromatic heterocycles. The van der Waals surface area contributed by atoms with Gasteiger partial charge < -0.3 is 15.7 Å². The summed E-state index contributed by atoms with van der Waals surface area (Å²) < 4.78 is 0. The van der Waals surface area contributed by atoms with Crippen molar-refractivity contribution >= 4 is 16.6 Å². The highest BCUT2D eigenvalue weighted by Gasteiger charge is 2.19. The lowest BCUT2D eigenvalue weighted by Gasteiger charge is -2.21. The highest BCUT2D eigenvalue weighted by atomic mass is 16.1. The Labute approximate surface area is 168 Å². The second kappa shape index (κ2) is 6.78. The number of fused-ring (bicyclic) bond motifs is 1. The van der Waals surface area contributed by atoms with Crippen LogP contribution in [0.4, 0.5) is 5.69 Å². The number of anilines is 1. The molecule has 5 nitrogen and oxygen atoms in total. The Morgan fingerprint density at radius 2 is 1.55 bits per heavy atom. The Kier molecular flexibility index (Phi) is 4.38. The summed E-state index contributed by atoms with van der Waals surface area (Å²) in [7, 11) is 0. The molecule has 0 bridgehead atoms. The molecule has 4 N–H and O–H groups in total. The Morgan fingerprint density at radius 3 is 2.21 bits per heavy atom. The van der Waals surface area contributed by atoms with Gasteiger partial charge in [0.05, 0.1) is 5.52 Å². The summed E-state index contributed by atoms with van der Waals surface area (Å²) >= 11 is 0. The SMILES string of the molecule is CC(C)(C)c1cc(-c2ccc[nH]c2=O)c2[nH]c(=O)c(-c3ccc(N)cc3)cc2c1. The molecular weight excluding hydrogens is 362 g/mol. The van der Waals surface area contributed by atoms with Crippen molar-refractivity contribution in [1.82, 2.24) is 9.97 Å². The maximum Gasteiger partial charge on any atom is 0.256 e. The van der Waals surface area contributed by atoms with E-state index in [1.807, 2.05) is 24.3 Å². The second-order valence-electron chi connectivity index (χ2n) is 8.29. The van der Waals surface area contributed by atoms with Crippen molar-refractivity contribution in [3.05, 3.63) is 87.1 Å². The fraction of sp³-hybridized carbons (Fsp3) is 0.167. The minimum atomic E-state index is -0.209. The second-order valence-corrected chi connectivity index (χ2v) is 8.29. The van der Waals surface area contributed by atoms with E-state index in [1.54, 1.807) is 30.5 Å². The first-order valence-electron chi connectivity index (χ1n) is 9.49. The van der Waals surface area contributed by atoms with E-state index in [1.165, 1.54) is 0 Å². The molecule has 0 saturated heterocycles. The standard InChI is InChI=1S/C24H23N3O2/c1-24(2,3)16-11-15-12-19(14-6-8-17(25)9-7-14)23(29)27-21(15)20(13-16)18-5-4-10-26-22(18)28/h4-13H,25H2,1-3H3,(H,26,28)(H,27,29). The minimum absolute atomic E-state index is 0.123. The van der Waals surface area contributed by atoms with Gasteiger partial charge in [-0.25, -0.2) is 0 Å². The van der Waals surface area contributed by atoms with E-state index in [9.17, 15) is 9.59 Å². The fourth-order valence-electron chi connectivity index (χ4n) is 3.48. The molecule has 0 aliphatic carbocycles. The maximum absolute atomic E-state index is 12.9. The number of nitrogens with two attached hydrogens (primary N) is 1. The van der Waals surface area contributed by atoms with Crippen LogP contribution in [0.3, 0.4) is 0 Å². The molecule has 29 heavy (non-hydrogen) atoms. The summed E-state index contributed by atoms with van der Waals surface area (Å²) in [6.07, 6.45) is 1.60. The van der Waals surface area contributed by atoms with Crippen LogP contribution in [-0.2, 0) is 5.41 Å². The molecule has 0 aliphatic rings. The lowest BCUT2D eigenvalue weighted by Crippen LogP contribution is -2.15. The number of H-pyrrole nitrogens is 2. The van der Waals surface area contributed by atoms with Gasteiger partial charge in [0.25, 0.3) is 11.1 Å². The van der Waals surface area contributed by atoms with Gasteiger partial charge in [-0.3, -0.25) is 9.59 Å². The molecule has 0 aliphatic heterocycles. The maximum atomic E-state index is 12.9. The van der Waals surface area contributed by atoms with Crippen LogP contribution in [0.1, 0.15) is 26.3 Å². The highest BCUT2D eigenvalue weighted by molar-refractivity contribution is 5.96. The van der Waals surface area contributed by atoms with E-state index >= 15 is 0 Å². The predicted molar refractivity (Wildman–Crippen MR) is 119 cm³/mol. The molecule has 146 valence electrons. The zero-order chi connectivity index (χ0) is 20.8. The molecule has 4 aromatic rings. The third-order valence-corrected chi connectivity index (χ3v) is 5.15. The smallest absolute Gasteiger partial charge is 0.256 e. The number of benzene rings is 2. The lowest BCUT2D eigenvalue weighted by atomic mass is 9.84. The van der Waals surface area contributed by atoms with Crippen LogP contribution in [0, 0.1) is 0 Å². The number of nitrogens with one attached hydrogen (secondary N) is 2. The first kappa shape index (κ1) is 18.7. The van der Waals surface area contributed by atoms with Crippen LogP contribution in [0.15, 0.2) is 70.4 Å². The van der Waals surface area contributed by atoms with Gasteiger partial charge in [0, 0.05) is 28.6 Å². The van der Waals surface area contributed by atoms with Crippen molar-refractivity contribution in [2.75, 3.05) is 5.73 Å². The average Bonchev–Trinajstić information content (AvgIpc) is 2.67. The van der Waals surface area contributed by atoms with Crippen molar-refractivity contribution in [2.24, 2.45) is 0 Å². The molecule has 0 fully saturated rings. The number of hydrogen-bond acceptors (Lipinski definition) is 3. The van der Waals surface area contributed by atoms with Crippen LogP contribution in [0.2, 0.25) is 0 Å². The van der Waals surface area contributed by atoms with Crippen LogP contribution in [0.5, 0.6) is 0 Å². The van der Waals surface area contributed by atoms with Crippen molar-refractivity contribution in [2.45, 2.75) is 26.2 Å². The van der Waals surface area contributed by atoms with Crippen molar-refractivity contribution in [1.29, 1.82) is 0 Å². The molecule has 2 aromatic carbocycles. The third kappa shape index (κ3) is 3.47. The van der Waals surface area contributed by atoms with Gasteiger partial charge in [-0.15, -0.1) is 0 Å². The normalized spacial score (nSPS) is 11.7. The van der Waals surface area contributed by atoms with Crippen molar-refractivity contribution in [3.8, 4) is 22.3 Å². The molecule has 0 unspecified atom stereocenters. The van der Waals surface area contributed by atoms with E-state index in [0.717, 1.165) is 22.1 Å². The third-order valence-electron chi connectivity index (χ3n) is 5.15. The predicted octanol–water partition coefficient (Wildman–Crippen LogP) is 4.43. The zero-order valence-corrected chi connectivity index (χ0v) is 16.7. The summed E-state index contributed by atoms with van der Waals surface area (Å²) in [5.41, 5.74) is 10.2. The summed E-state index contributed by atoms with van der Waals surface area (Å²) in [5, 5.41) is 0.877. The van der Waals surface area contributed by atoms with Crippen LogP contribution in [-0.4, -0.2) is 9.97 Å². The number of aromatic nitrogens is 2. The average molecular weight is 385 g/mol. The van der Waals surface area contributed by atoms with E-state index in [0.29, 0.717) is 22.3 Å². The van der Waals surface area contributed by atoms with E-state index in [4.69, 9.17) is 5.73 Å². The molecule has 0 spiro atoms. The molecule has 0 saturated carbocycles.